The lowest BCUT2D eigenvalue weighted by molar-refractivity contribution is 0.467. The Morgan fingerprint density at radius 3 is 1.73 bits per heavy atom. The molecule has 1 atom stereocenters. The largest absolute Gasteiger partial charge is 0.285 e. The van der Waals surface area contributed by atoms with E-state index in [9.17, 15) is 13.0 Å². The fraction of sp³-hybridized carbons (Fsp3) is 0.538. The average molecular weight is 431 g/mol. The first kappa shape index (κ1) is 24.6. The van der Waals surface area contributed by atoms with Gasteiger partial charge in [-0.1, -0.05) is 119 Å². The van der Waals surface area contributed by atoms with Gasteiger partial charge in [0.1, 0.15) is 5.25 Å². The summed E-state index contributed by atoms with van der Waals surface area (Å²) in [4.78, 5) is 0. The Morgan fingerprint density at radius 1 is 0.700 bits per heavy atom. The van der Waals surface area contributed by atoms with Crippen LogP contribution in [0.25, 0.3) is 0 Å². The molecule has 0 bridgehead atoms. The van der Waals surface area contributed by atoms with Gasteiger partial charge in [0.25, 0.3) is 10.1 Å². The highest BCUT2D eigenvalue weighted by Gasteiger charge is 2.25. The van der Waals surface area contributed by atoms with E-state index in [0.717, 1.165) is 12.0 Å². The van der Waals surface area contributed by atoms with Crippen molar-refractivity contribution in [3.8, 4) is 0 Å². The summed E-state index contributed by atoms with van der Waals surface area (Å²) in [5.41, 5.74) is 2.84. The van der Waals surface area contributed by atoms with Crippen molar-refractivity contribution < 1.29 is 13.0 Å². The van der Waals surface area contributed by atoms with Gasteiger partial charge in [-0.2, -0.15) is 8.42 Å². The van der Waals surface area contributed by atoms with Crippen LogP contribution in [-0.4, -0.2) is 13.0 Å². The molecule has 0 radical (unpaired) electrons. The van der Waals surface area contributed by atoms with E-state index >= 15 is 0 Å². The van der Waals surface area contributed by atoms with Crippen molar-refractivity contribution in [2.75, 3.05) is 0 Å². The molecular formula is C26H38O3S. The normalized spacial score (nSPS) is 12.7. The third-order valence-corrected chi connectivity index (χ3v) is 6.95. The molecule has 1 N–H and O–H groups in total. The fourth-order valence-corrected chi connectivity index (χ4v) is 4.84. The van der Waals surface area contributed by atoms with Gasteiger partial charge < -0.3 is 0 Å². The van der Waals surface area contributed by atoms with E-state index in [0.29, 0.717) is 5.56 Å². The number of aryl methyl sites for hydroxylation is 1. The second-order valence-corrected chi connectivity index (χ2v) is 9.97. The van der Waals surface area contributed by atoms with E-state index in [-0.39, 0.29) is 6.42 Å². The molecule has 0 amide bonds. The predicted molar refractivity (Wildman–Crippen MR) is 126 cm³/mol. The van der Waals surface area contributed by atoms with Gasteiger partial charge in [0.15, 0.2) is 0 Å². The first-order chi connectivity index (χ1) is 14.5. The zero-order chi connectivity index (χ0) is 21.7. The molecule has 0 spiro atoms. The number of unbranched alkanes of at least 4 members (excludes halogenated alkanes) is 9. The quantitative estimate of drug-likeness (QED) is 0.238. The SMILES string of the molecule is CCCCCCCCCCCCc1ccc(CC(c2ccccc2)S(=O)(=O)O)cc1. The molecule has 0 saturated carbocycles. The molecule has 2 aromatic rings. The van der Waals surface area contributed by atoms with Gasteiger partial charge in [0.2, 0.25) is 0 Å². The Labute approximate surface area is 183 Å². The third kappa shape index (κ3) is 9.44. The van der Waals surface area contributed by atoms with Crippen LogP contribution in [0.4, 0.5) is 0 Å². The van der Waals surface area contributed by atoms with Crippen LogP contribution in [0.3, 0.4) is 0 Å². The lowest BCUT2D eigenvalue weighted by Crippen LogP contribution is -2.15. The lowest BCUT2D eigenvalue weighted by Gasteiger charge is -2.15. The molecule has 0 aliphatic heterocycles. The van der Waals surface area contributed by atoms with E-state index < -0.39 is 15.4 Å². The molecule has 30 heavy (non-hydrogen) atoms. The molecule has 0 aromatic heterocycles. The summed E-state index contributed by atoms with van der Waals surface area (Å²) in [5, 5.41) is -0.925. The van der Waals surface area contributed by atoms with Crippen LogP contribution >= 0.6 is 0 Å². The van der Waals surface area contributed by atoms with Gasteiger partial charge in [-0.05, 0) is 36.0 Å². The summed E-state index contributed by atoms with van der Waals surface area (Å²) in [5.74, 6) is 0. The maximum Gasteiger partial charge on any atom is 0.272 e. The van der Waals surface area contributed by atoms with Gasteiger partial charge in [-0.3, -0.25) is 4.55 Å². The highest BCUT2D eigenvalue weighted by Crippen LogP contribution is 2.26. The Balaban J connectivity index is 1.72. The number of rotatable bonds is 15. The Bertz CT molecular complexity index is 798. The van der Waals surface area contributed by atoms with Gasteiger partial charge in [-0.25, -0.2) is 0 Å². The van der Waals surface area contributed by atoms with Crippen LogP contribution in [0.15, 0.2) is 54.6 Å². The van der Waals surface area contributed by atoms with E-state index in [1.165, 1.54) is 69.8 Å². The van der Waals surface area contributed by atoms with Crippen molar-refractivity contribution in [2.45, 2.75) is 89.2 Å². The van der Waals surface area contributed by atoms with Crippen LogP contribution in [0.1, 0.15) is 93.1 Å². The van der Waals surface area contributed by atoms with E-state index in [1.807, 2.05) is 18.2 Å². The Morgan fingerprint density at radius 2 is 1.20 bits per heavy atom. The minimum absolute atomic E-state index is 0.279. The smallest absolute Gasteiger partial charge is 0.272 e. The molecule has 0 heterocycles. The highest BCUT2D eigenvalue weighted by atomic mass is 32.2. The van der Waals surface area contributed by atoms with Crippen LogP contribution in [0.2, 0.25) is 0 Å². The summed E-state index contributed by atoms with van der Waals surface area (Å²) >= 11 is 0. The molecule has 0 fully saturated rings. The van der Waals surface area contributed by atoms with Crippen LogP contribution in [0.5, 0.6) is 0 Å². The topological polar surface area (TPSA) is 54.4 Å². The molecule has 0 saturated heterocycles. The molecule has 0 aliphatic carbocycles. The van der Waals surface area contributed by atoms with Gasteiger partial charge >= 0.3 is 0 Å². The van der Waals surface area contributed by atoms with E-state index in [2.05, 4.69) is 19.1 Å². The number of hydrogen-bond acceptors (Lipinski definition) is 2. The maximum absolute atomic E-state index is 11.9. The summed E-state index contributed by atoms with van der Waals surface area (Å²) in [7, 11) is -4.16. The monoisotopic (exact) mass is 430 g/mol. The Kier molecular flexibility index (Phi) is 11.2. The first-order valence-electron chi connectivity index (χ1n) is 11.6. The first-order valence-corrected chi connectivity index (χ1v) is 13.1. The standard InChI is InChI=1S/C26H38O3S/c1-2-3-4-5-6-7-8-9-10-12-15-23-18-20-24(21-19-23)22-26(30(27,28)29)25-16-13-11-14-17-25/h11,13-14,16-21,26H,2-10,12,15,22H2,1H3,(H,27,28,29). The second kappa shape index (κ2) is 13.6. The van der Waals surface area contributed by atoms with Crippen molar-refractivity contribution in [3.05, 3.63) is 71.3 Å². The highest BCUT2D eigenvalue weighted by molar-refractivity contribution is 7.86. The van der Waals surface area contributed by atoms with Crippen molar-refractivity contribution in [1.82, 2.24) is 0 Å². The second-order valence-electron chi connectivity index (χ2n) is 8.37. The summed E-state index contributed by atoms with van der Waals surface area (Å²) in [6, 6.07) is 17.1. The molecule has 2 rings (SSSR count). The van der Waals surface area contributed by atoms with Crippen molar-refractivity contribution >= 4 is 10.1 Å². The number of hydrogen-bond donors (Lipinski definition) is 1. The summed E-state index contributed by atoms with van der Waals surface area (Å²) < 4.78 is 33.4. The van der Waals surface area contributed by atoms with Gasteiger partial charge in [0, 0.05) is 0 Å². The minimum atomic E-state index is -4.16. The summed E-state index contributed by atoms with van der Waals surface area (Å²) in [6.45, 7) is 2.26. The molecule has 2 aromatic carbocycles. The van der Waals surface area contributed by atoms with Gasteiger partial charge in [-0.15, -0.1) is 0 Å². The molecule has 166 valence electrons. The van der Waals surface area contributed by atoms with Gasteiger partial charge in [0.05, 0.1) is 0 Å². The zero-order valence-electron chi connectivity index (χ0n) is 18.4. The van der Waals surface area contributed by atoms with Crippen LogP contribution < -0.4 is 0 Å². The van der Waals surface area contributed by atoms with Crippen molar-refractivity contribution in [3.63, 3.8) is 0 Å². The van der Waals surface area contributed by atoms with Crippen LogP contribution in [-0.2, 0) is 23.0 Å². The molecule has 4 heteroatoms. The molecule has 1 unspecified atom stereocenters. The van der Waals surface area contributed by atoms with Crippen molar-refractivity contribution in [1.29, 1.82) is 0 Å². The van der Waals surface area contributed by atoms with Crippen molar-refractivity contribution in [2.24, 2.45) is 0 Å². The molecular weight excluding hydrogens is 392 g/mol. The predicted octanol–water partition coefficient (Wildman–Crippen LogP) is 7.32. The van der Waals surface area contributed by atoms with Crippen LogP contribution in [0, 0.1) is 0 Å². The molecule has 3 nitrogen and oxygen atoms in total. The van der Waals surface area contributed by atoms with E-state index in [1.54, 1.807) is 24.3 Å². The zero-order valence-corrected chi connectivity index (χ0v) is 19.2. The minimum Gasteiger partial charge on any atom is -0.285 e. The maximum atomic E-state index is 11.9. The Hall–Kier alpha value is -1.65. The lowest BCUT2D eigenvalue weighted by atomic mass is 10.00. The third-order valence-electron chi connectivity index (χ3n) is 5.79. The van der Waals surface area contributed by atoms with E-state index in [4.69, 9.17) is 0 Å². The number of benzene rings is 2. The molecule has 0 aliphatic rings. The average Bonchev–Trinajstić information content (AvgIpc) is 2.74. The summed E-state index contributed by atoms with van der Waals surface area (Å²) in [6.07, 6.45) is 14.7. The fourth-order valence-electron chi connectivity index (χ4n) is 3.94.